The molecule has 0 unspecified atom stereocenters. The van der Waals surface area contributed by atoms with E-state index in [-0.39, 0.29) is 24.2 Å². The van der Waals surface area contributed by atoms with E-state index in [0.29, 0.717) is 18.9 Å². The summed E-state index contributed by atoms with van der Waals surface area (Å²) in [5.41, 5.74) is 0.912. The molecule has 0 bridgehead atoms. The second kappa shape index (κ2) is 9.04. The Hall–Kier alpha value is -2.08. The lowest BCUT2D eigenvalue weighted by Gasteiger charge is -2.11. The molecule has 6 nitrogen and oxygen atoms in total. The van der Waals surface area contributed by atoms with Crippen LogP contribution in [0.25, 0.3) is 0 Å². The summed E-state index contributed by atoms with van der Waals surface area (Å²) in [5, 5.41) is 11.7. The molecule has 1 aromatic rings. The first-order valence-corrected chi connectivity index (χ1v) is 7.25. The molecule has 0 saturated heterocycles. The molecule has 0 spiro atoms. The Morgan fingerprint density at radius 2 is 2.05 bits per heavy atom. The number of nitrogens with one attached hydrogen (secondary N) is 1. The average Bonchev–Trinajstić information content (AvgIpc) is 2.45. The van der Waals surface area contributed by atoms with E-state index >= 15 is 0 Å². The fraction of sp³-hybridized carbons (Fsp3) is 0.500. The van der Waals surface area contributed by atoms with E-state index in [9.17, 15) is 9.59 Å². The Kier molecular flexibility index (Phi) is 7.39. The Labute approximate surface area is 130 Å². The van der Waals surface area contributed by atoms with E-state index in [1.165, 1.54) is 12.1 Å². The van der Waals surface area contributed by atoms with E-state index in [1.54, 1.807) is 13.0 Å². The smallest absolute Gasteiger partial charge is 0.335 e. The van der Waals surface area contributed by atoms with Crippen LogP contribution in [0.3, 0.4) is 0 Å². The minimum absolute atomic E-state index is 0.131. The minimum atomic E-state index is -1.03. The number of rotatable bonds is 9. The molecular formula is C16H23NO5. The van der Waals surface area contributed by atoms with Gasteiger partial charge in [-0.05, 0) is 44.9 Å². The number of carbonyl (C=O) groups is 2. The Morgan fingerprint density at radius 3 is 2.68 bits per heavy atom. The van der Waals surface area contributed by atoms with Crippen LogP contribution in [0.5, 0.6) is 5.75 Å². The minimum Gasteiger partial charge on any atom is -0.483 e. The van der Waals surface area contributed by atoms with Crippen LogP contribution < -0.4 is 10.1 Å². The van der Waals surface area contributed by atoms with Gasteiger partial charge in [-0.1, -0.05) is 6.07 Å². The van der Waals surface area contributed by atoms with Crippen LogP contribution >= 0.6 is 0 Å². The highest BCUT2D eigenvalue weighted by molar-refractivity contribution is 5.88. The highest BCUT2D eigenvalue weighted by Crippen LogP contribution is 2.19. The summed E-state index contributed by atoms with van der Waals surface area (Å²) in [4.78, 5) is 22.6. The molecule has 22 heavy (non-hydrogen) atoms. The summed E-state index contributed by atoms with van der Waals surface area (Å²) >= 11 is 0. The van der Waals surface area contributed by atoms with Crippen molar-refractivity contribution in [1.29, 1.82) is 0 Å². The number of amides is 1. The summed E-state index contributed by atoms with van der Waals surface area (Å²) in [6.07, 6.45) is 0.917. The zero-order valence-electron chi connectivity index (χ0n) is 13.2. The third-order valence-corrected chi connectivity index (χ3v) is 2.89. The number of hydrogen-bond acceptors (Lipinski definition) is 4. The van der Waals surface area contributed by atoms with Gasteiger partial charge in [0.2, 0.25) is 0 Å². The first kappa shape index (κ1) is 18.0. The Balaban J connectivity index is 2.35. The number of hydrogen-bond donors (Lipinski definition) is 2. The monoisotopic (exact) mass is 309 g/mol. The summed E-state index contributed by atoms with van der Waals surface area (Å²) < 4.78 is 10.7. The van der Waals surface area contributed by atoms with E-state index < -0.39 is 5.97 Å². The highest BCUT2D eigenvalue weighted by atomic mass is 16.5. The van der Waals surface area contributed by atoms with E-state index in [4.69, 9.17) is 14.6 Å². The van der Waals surface area contributed by atoms with Crippen molar-refractivity contribution in [2.75, 3.05) is 19.8 Å². The lowest BCUT2D eigenvalue weighted by Crippen LogP contribution is -2.30. The summed E-state index contributed by atoms with van der Waals surface area (Å²) in [6.45, 7) is 6.68. The Bertz CT molecular complexity index is 513. The molecule has 0 aliphatic heterocycles. The van der Waals surface area contributed by atoms with Crippen LogP contribution in [-0.4, -0.2) is 42.8 Å². The molecule has 0 heterocycles. The second-order valence-corrected chi connectivity index (χ2v) is 5.20. The van der Waals surface area contributed by atoms with Gasteiger partial charge in [0.15, 0.2) is 6.61 Å². The lowest BCUT2D eigenvalue weighted by molar-refractivity contribution is -0.123. The number of benzene rings is 1. The van der Waals surface area contributed by atoms with Crippen molar-refractivity contribution in [3.63, 3.8) is 0 Å². The quantitative estimate of drug-likeness (QED) is 0.682. The van der Waals surface area contributed by atoms with Gasteiger partial charge in [0.25, 0.3) is 5.91 Å². The summed E-state index contributed by atoms with van der Waals surface area (Å²) in [5.74, 6) is -0.873. The van der Waals surface area contributed by atoms with Gasteiger partial charge < -0.3 is 19.9 Å². The molecule has 0 aromatic heterocycles. The molecular weight excluding hydrogens is 286 g/mol. The third kappa shape index (κ3) is 6.58. The van der Waals surface area contributed by atoms with Gasteiger partial charge in [-0.3, -0.25) is 4.79 Å². The van der Waals surface area contributed by atoms with E-state index in [0.717, 1.165) is 12.0 Å². The number of carbonyl (C=O) groups excluding carboxylic acids is 1. The molecule has 1 amide bonds. The van der Waals surface area contributed by atoms with Crippen molar-refractivity contribution < 1.29 is 24.2 Å². The van der Waals surface area contributed by atoms with Crippen molar-refractivity contribution in [2.45, 2.75) is 33.3 Å². The van der Waals surface area contributed by atoms with E-state index in [1.807, 2.05) is 13.8 Å². The topological polar surface area (TPSA) is 84.9 Å². The number of carboxylic acids is 1. The van der Waals surface area contributed by atoms with Gasteiger partial charge in [-0.15, -0.1) is 0 Å². The van der Waals surface area contributed by atoms with E-state index in [2.05, 4.69) is 5.32 Å². The molecule has 6 heteroatoms. The lowest BCUT2D eigenvalue weighted by atomic mass is 10.1. The predicted octanol–water partition coefficient (Wildman–Crippen LogP) is 2.00. The van der Waals surface area contributed by atoms with Crippen LogP contribution in [0.2, 0.25) is 0 Å². The molecule has 0 aliphatic rings. The van der Waals surface area contributed by atoms with Crippen molar-refractivity contribution in [1.82, 2.24) is 5.32 Å². The maximum Gasteiger partial charge on any atom is 0.335 e. The first-order valence-electron chi connectivity index (χ1n) is 7.25. The normalized spacial score (nSPS) is 10.5. The van der Waals surface area contributed by atoms with Gasteiger partial charge in [-0.2, -0.15) is 0 Å². The van der Waals surface area contributed by atoms with Gasteiger partial charge >= 0.3 is 5.97 Å². The molecule has 1 rings (SSSR count). The number of aryl methyl sites for hydroxylation is 1. The molecule has 0 radical (unpaired) electrons. The zero-order chi connectivity index (χ0) is 16.5. The molecule has 1 aromatic carbocycles. The standard InChI is InChI=1S/C16H23NO5/c1-11(2)21-8-4-7-17-15(18)10-22-14-9-13(16(19)20)6-5-12(14)3/h5-6,9,11H,4,7-8,10H2,1-3H3,(H,17,18)(H,19,20). The number of ether oxygens (including phenoxy) is 2. The molecule has 2 N–H and O–H groups in total. The average molecular weight is 309 g/mol. The highest BCUT2D eigenvalue weighted by Gasteiger charge is 2.09. The number of aromatic carboxylic acids is 1. The van der Waals surface area contributed by atoms with Gasteiger partial charge in [0.1, 0.15) is 5.75 Å². The van der Waals surface area contributed by atoms with Crippen LogP contribution in [0.15, 0.2) is 18.2 Å². The van der Waals surface area contributed by atoms with Gasteiger partial charge in [0.05, 0.1) is 11.7 Å². The molecule has 0 saturated carbocycles. The van der Waals surface area contributed by atoms with Crippen molar-refractivity contribution >= 4 is 11.9 Å². The fourth-order valence-corrected chi connectivity index (χ4v) is 1.70. The van der Waals surface area contributed by atoms with Crippen LogP contribution in [0.4, 0.5) is 0 Å². The fourth-order valence-electron chi connectivity index (χ4n) is 1.70. The third-order valence-electron chi connectivity index (χ3n) is 2.89. The van der Waals surface area contributed by atoms with Gasteiger partial charge in [-0.25, -0.2) is 4.79 Å². The first-order chi connectivity index (χ1) is 10.4. The van der Waals surface area contributed by atoms with Crippen molar-refractivity contribution in [3.8, 4) is 5.75 Å². The van der Waals surface area contributed by atoms with Gasteiger partial charge in [0, 0.05) is 13.2 Å². The Morgan fingerprint density at radius 1 is 1.32 bits per heavy atom. The van der Waals surface area contributed by atoms with Crippen LogP contribution in [-0.2, 0) is 9.53 Å². The maximum atomic E-state index is 11.7. The molecule has 0 atom stereocenters. The van der Waals surface area contributed by atoms with Crippen LogP contribution in [0, 0.1) is 6.92 Å². The maximum absolute atomic E-state index is 11.7. The number of carboxylic acid groups (broad SMARTS) is 1. The zero-order valence-corrected chi connectivity index (χ0v) is 13.2. The summed E-state index contributed by atoms with van der Waals surface area (Å²) in [6, 6.07) is 4.57. The van der Waals surface area contributed by atoms with Crippen molar-refractivity contribution in [2.24, 2.45) is 0 Å². The predicted molar refractivity (Wildman–Crippen MR) is 82.3 cm³/mol. The largest absolute Gasteiger partial charge is 0.483 e. The molecule has 0 aliphatic carbocycles. The molecule has 0 fully saturated rings. The van der Waals surface area contributed by atoms with Crippen molar-refractivity contribution in [3.05, 3.63) is 29.3 Å². The summed E-state index contributed by atoms with van der Waals surface area (Å²) in [7, 11) is 0. The van der Waals surface area contributed by atoms with Crippen LogP contribution in [0.1, 0.15) is 36.2 Å². The molecule has 122 valence electrons. The second-order valence-electron chi connectivity index (χ2n) is 5.20. The SMILES string of the molecule is Cc1ccc(C(=O)O)cc1OCC(=O)NCCCOC(C)C.